The first kappa shape index (κ1) is 16.2. The van der Waals surface area contributed by atoms with Crippen LogP contribution in [0.15, 0.2) is 48.5 Å². The first-order valence-electron chi connectivity index (χ1n) is 7.92. The Bertz CT molecular complexity index is 738. The number of amides is 1. The molecule has 0 saturated carbocycles. The Hall–Kier alpha value is -2.66. The molecule has 2 aromatic rings. The van der Waals surface area contributed by atoms with Crippen LogP contribution in [-0.2, 0) is 4.74 Å². The van der Waals surface area contributed by atoms with E-state index in [1.54, 1.807) is 17.0 Å². The van der Waals surface area contributed by atoms with Crippen LogP contribution >= 0.6 is 0 Å². The molecule has 0 radical (unpaired) electrons. The van der Waals surface area contributed by atoms with Crippen LogP contribution in [-0.4, -0.2) is 43.0 Å². The molecular weight excluding hydrogens is 304 g/mol. The molecule has 124 valence electrons. The van der Waals surface area contributed by atoms with Crippen molar-refractivity contribution in [3.05, 3.63) is 59.7 Å². The van der Waals surface area contributed by atoms with E-state index in [0.717, 1.165) is 24.1 Å². The van der Waals surface area contributed by atoms with Crippen molar-refractivity contribution in [3.8, 4) is 11.1 Å². The fourth-order valence-corrected chi connectivity index (χ4v) is 2.88. The van der Waals surface area contributed by atoms with Crippen molar-refractivity contribution >= 4 is 11.9 Å². The van der Waals surface area contributed by atoms with Crippen LogP contribution in [0.2, 0.25) is 0 Å². The zero-order valence-corrected chi connectivity index (χ0v) is 13.6. The predicted octanol–water partition coefficient (Wildman–Crippen LogP) is 2.31. The van der Waals surface area contributed by atoms with Gasteiger partial charge in [-0.15, -0.1) is 0 Å². The van der Waals surface area contributed by atoms with Gasteiger partial charge in [-0.25, -0.2) is 4.79 Å². The van der Waals surface area contributed by atoms with E-state index in [1.807, 2.05) is 36.4 Å². The summed E-state index contributed by atoms with van der Waals surface area (Å²) in [5, 5.41) is 0. The van der Waals surface area contributed by atoms with E-state index in [2.05, 4.69) is 0 Å². The summed E-state index contributed by atoms with van der Waals surface area (Å²) >= 11 is 0. The van der Waals surface area contributed by atoms with Gasteiger partial charge in [-0.05, 0) is 41.8 Å². The van der Waals surface area contributed by atoms with Crippen LogP contribution in [0, 0.1) is 0 Å². The molecule has 0 unspecified atom stereocenters. The lowest BCUT2D eigenvalue weighted by molar-refractivity contribution is 0.0600. The van der Waals surface area contributed by atoms with Gasteiger partial charge in [0.1, 0.15) is 0 Å². The molecule has 5 heteroatoms. The number of carbonyl (C=O) groups excluding carboxylic acids is 2. The second kappa shape index (κ2) is 6.84. The van der Waals surface area contributed by atoms with Gasteiger partial charge in [0.15, 0.2) is 0 Å². The first-order chi connectivity index (χ1) is 11.6. The molecule has 5 nitrogen and oxygen atoms in total. The van der Waals surface area contributed by atoms with Crippen molar-refractivity contribution < 1.29 is 14.3 Å². The van der Waals surface area contributed by atoms with Gasteiger partial charge >= 0.3 is 5.97 Å². The topological polar surface area (TPSA) is 72.6 Å². The van der Waals surface area contributed by atoms with Crippen LogP contribution in [0.25, 0.3) is 11.1 Å². The van der Waals surface area contributed by atoms with Gasteiger partial charge in [0.2, 0.25) is 0 Å². The van der Waals surface area contributed by atoms with Crippen molar-refractivity contribution in [1.29, 1.82) is 0 Å². The molecule has 1 amide bonds. The van der Waals surface area contributed by atoms with E-state index in [-0.39, 0.29) is 17.9 Å². The summed E-state index contributed by atoms with van der Waals surface area (Å²) in [6.45, 7) is 1.34. The monoisotopic (exact) mass is 324 g/mol. The lowest BCUT2D eigenvalue weighted by Crippen LogP contribution is -2.31. The van der Waals surface area contributed by atoms with Crippen LogP contribution in [0.3, 0.4) is 0 Å². The zero-order chi connectivity index (χ0) is 17.1. The fraction of sp³-hybridized carbons (Fsp3) is 0.263. The fourth-order valence-electron chi connectivity index (χ4n) is 2.88. The summed E-state index contributed by atoms with van der Waals surface area (Å²) in [6, 6.07) is 14.8. The third-order valence-corrected chi connectivity index (χ3v) is 4.28. The zero-order valence-electron chi connectivity index (χ0n) is 13.6. The van der Waals surface area contributed by atoms with Crippen molar-refractivity contribution in [2.75, 3.05) is 20.2 Å². The van der Waals surface area contributed by atoms with E-state index in [1.165, 1.54) is 7.11 Å². The van der Waals surface area contributed by atoms with Crippen LogP contribution in [0.5, 0.6) is 0 Å². The highest BCUT2D eigenvalue weighted by Gasteiger charge is 2.24. The van der Waals surface area contributed by atoms with Crippen molar-refractivity contribution in [2.24, 2.45) is 5.73 Å². The van der Waals surface area contributed by atoms with Crippen molar-refractivity contribution in [1.82, 2.24) is 4.90 Å². The molecule has 24 heavy (non-hydrogen) atoms. The minimum atomic E-state index is -0.355. The molecule has 1 aliphatic heterocycles. The van der Waals surface area contributed by atoms with E-state index >= 15 is 0 Å². The highest BCUT2D eigenvalue weighted by atomic mass is 16.5. The van der Waals surface area contributed by atoms with Gasteiger partial charge in [-0.2, -0.15) is 0 Å². The average Bonchev–Trinajstić information content (AvgIpc) is 3.07. The molecule has 1 heterocycles. The predicted molar refractivity (Wildman–Crippen MR) is 91.7 cm³/mol. The Morgan fingerprint density at radius 1 is 1.00 bits per heavy atom. The third kappa shape index (κ3) is 3.31. The molecule has 1 fully saturated rings. The molecule has 0 bridgehead atoms. The molecule has 0 aromatic heterocycles. The Morgan fingerprint density at radius 3 is 2.00 bits per heavy atom. The number of ether oxygens (including phenoxy) is 1. The number of nitrogens with two attached hydrogens (primary N) is 1. The standard InChI is InChI=1S/C19H20N2O3/c1-24-19(23)16-8-4-14(5-9-16)13-2-6-15(7-3-13)18(22)21-11-10-17(20)12-21/h2-9,17H,10-12,20H2,1H3/t17-/m1/s1. The molecule has 0 aliphatic carbocycles. The maximum atomic E-state index is 12.4. The largest absolute Gasteiger partial charge is 0.465 e. The summed E-state index contributed by atoms with van der Waals surface area (Å²) in [6.07, 6.45) is 0.858. The summed E-state index contributed by atoms with van der Waals surface area (Å²) < 4.78 is 4.69. The molecule has 1 saturated heterocycles. The Morgan fingerprint density at radius 2 is 1.54 bits per heavy atom. The molecule has 2 N–H and O–H groups in total. The van der Waals surface area contributed by atoms with Gasteiger partial charge < -0.3 is 15.4 Å². The maximum absolute atomic E-state index is 12.4. The lowest BCUT2D eigenvalue weighted by atomic mass is 10.0. The normalized spacial score (nSPS) is 16.9. The summed E-state index contributed by atoms with van der Waals surface area (Å²) in [4.78, 5) is 25.7. The van der Waals surface area contributed by atoms with Crippen LogP contribution in [0.4, 0.5) is 0 Å². The Kier molecular flexibility index (Phi) is 4.62. The highest BCUT2D eigenvalue weighted by Crippen LogP contribution is 2.22. The van der Waals surface area contributed by atoms with Gasteiger partial charge in [0.25, 0.3) is 5.91 Å². The molecule has 1 atom stereocenters. The number of hydrogen-bond acceptors (Lipinski definition) is 4. The Labute approximate surface area is 141 Å². The molecule has 1 aliphatic rings. The average molecular weight is 324 g/mol. The third-order valence-electron chi connectivity index (χ3n) is 4.28. The number of carbonyl (C=O) groups is 2. The van der Waals surface area contributed by atoms with E-state index in [0.29, 0.717) is 17.7 Å². The molecule has 3 rings (SSSR count). The van der Waals surface area contributed by atoms with Gasteiger partial charge in [-0.3, -0.25) is 4.79 Å². The minimum absolute atomic E-state index is 0.0236. The van der Waals surface area contributed by atoms with Gasteiger partial charge in [0.05, 0.1) is 12.7 Å². The first-order valence-corrected chi connectivity index (χ1v) is 7.92. The smallest absolute Gasteiger partial charge is 0.337 e. The number of esters is 1. The van der Waals surface area contributed by atoms with E-state index in [4.69, 9.17) is 10.5 Å². The quantitative estimate of drug-likeness (QED) is 0.880. The van der Waals surface area contributed by atoms with Crippen LogP contribution < -0.4 is 5.73 Å². The lowest BCUT2D eigenvalue weighted by Gasteiger charge is -2.16. The van der Waals surface area contributed by atoms with E-state index < -0.39 is 0 Å². The van der Waals surface area contributed by atoms with Crippen molar-refractivity contribution in [2.45, 2.75) is 12.5 Å². The van der Waals surface area contributed by atoms with Gasteiger partial charge in [0, 0.05) is 24.7 Å². The highest BCUT2D eigenvalue weighted by molar-refractivity contribution is 5.95. The van der Waals surface area contributed by atoms with Crippen LogP contribution in [0.1, 0.15) is 27.1 Å². The summed E-state index contributed by atoms with van der Waals surface area (Å²) in [7, 11) is 1.36. The summed E-state index contributed by atoms with van der Waals surface area (Å²) in [5.41, 5.74) is 9.00. The maximum Gasteiger partial charge on any atom is 0.337 e. The number of rotatable bonds is 3. The van der Waals surface area contributed by atoms with Gasteiger partial charge in [-0.1, -0.05) is 24.3 Å². The number of likely N-dealkylation sites (tertiary alicyclic amines) is 1. The number of benzene rings is 2. The number of methoxy groups -OCH3 is 1. The second-order valence-corrected chi connectivity index (χ2v) is 5.95. The SMILES string of the molecule is COC(=O)c1ccc(-c2ccc(C(=O)N3CC[C@@H](N)C3)cc2)cc1. The molecule has 0 spiro atoms. The molecular formula is C19H20N2O3. The number of hydrogen-bond donors (Lipinski definition) is 1. The second-order valence-electron chi connectivity index (χ2n) is 5.95. The van der Waals surface area contributed by atoms with Crippen molar-refractivity contribution in [3.63, 3.8) is 0 Å². The Balaban J connectivity index is 1.74. The number of nitrogens with zero attached hydrogens (tertiary/aromatic N) is 1. The molecule has 2 aromatic carbocycles. The minimum Gasteiger partial charge on any atom is -0.465 e. The van der Waals surface area contributed by atoms with E-state index in [9.17, 15) is 9.59 Å². The summed E-state index contributed by atoms with van der Waals surface area (Å²) in [5.74, 6) is -0.332.